The Morgan fingerprint density at radius 3 is 1.59 bits per heavy atom. The van der Waals surface area contributed by atoms with E-state index in [0.29, 0.717) is 16.7 Å². The molecule has 4 nitrogen and oxygen atoms in total. The molecule has 0 aromatic heterocycles. The lowest BCUT2D eigenvalue weighted by Gasteiger charge is -2.07. The molecule has 4 aromatic carbocycles. The fraction of sp³-hybridized carbons (Fsp3) is 0.0357. The van der Waals surface area contributed by atoms with Gasteiger partial charge in [0, 0.05) is 16.7 Å². The van der Waals surface area contributed by atoms with Crippen molar-refractivity contribution < 1.29 is 19.1 Å². The van der Waals surface area contributed by atoms with Crippen LogP contribution in [0.4, 0.5) is 0 Å². The van der Waals surface area contributed by atoms with Gasteiger partial charge in [0.05, 0.1) is 5.56 Å². The highest BCUT2D eigenvalue weighted by Gasteiger charge is 2.14. The maximum atomic E-state index is 12.5. The Balaban J connectivity index is 1.35. The van der Waals surface area contributed by atoms with Crippen molar-refractivity contribution in [2.24, 2.45) is 0 Å². The largest absolute Gasteiger partial charge is 0.454 e. The summed E-state index contributed by atoms with van der Waals surface area (Å²) in [5.74, 6) is -1.02. The van der Waals surface area contributed by atoms with E-state index < -0.39 is 5.97 Å². The van der Waals surface area contributed by atoms with Crippen molar-refractivity contribution in [1.82, 2.24) is 0 Å². The minimum absolute atomic E-state index is 0.125. The van der Waals surface area contributed by atoms with Crippen LogP contribution < -0.4 is 0 Å². The molecule has 0 N–H and O–H groups in total. The summed E-state index contributed by atoms with van der Waals surface area (Å²) in [6, 6.07) is 32.2. The number of Topliss-reactive ketones (excluding diaryl/α,β-unsaturated/α-hetero) is 1. The SMILES string of the molecule is O=C(COC(=O)c1ccc(C(=O)c2ccccc2)cc1)c1ccc(-c2ccccc2)cc1. The third kappa shape index (κ3) is 4.87. The third-order valence-electron chi connectivity index (χ3n) is 5.07. The number of hydrogen-bond donors (Lipinski definition) is 0. The quantitative estimate of drug-likeness (QED) is 0.287. The zero-order valence-electron chi connectivity index (χ0n) is 17.2. The van der Waals surface area contributed by atoms with Crippen LogP contribution in [0.15, 0.2) is 109 Å². The van der Waals surface area contributed by atoms with Crippen LogP contribution in [0.3, 0.4) is 0 Å². The number of ether oxygens (including phenoxy) is 1. The zero-order valence-corrected chi connectivity index (χ0v) is 17.2. The lowest BCUT2D eigenvalue weighted by atomic mass is 10.0. The van der Waals surface area contributed by atoms with Crippen LogP contribution in [0, 0.1) is 0 Å². The first-order chi connectivity index (χ1) is 15.6. The molecule has 0 atom stereocenters. The fourth-order valence-electron chi connectivity index (χ4n) is 3.29. The van der Waals surface area contributed by atoms with E-state index in [2.05, 4.69) is 0 Å². The summed E-state index contributed by atoms with van der Waals surface area (Å²) in [5.41, 5.74) is 3.87. The van der Waals surface area contributed by atoms with E-state index in [1.165, 1.54) is 12.1 Å². The minimum atomic E-state index is -0.613. The van der Waals surface area contributed by atoms with Gasteiger partial charge in [-0.2, -0.15) is 0 Å². The molecule has 0 amide bonds. The summed E-state index contributed by atoms with van der Waals surface area (Å²) >= 11 is 0. The Morgan fingerprint density at radius 2 is 0.969 bits per heavy atom. The monoisotopic (exact) mass is 420 g/mol. The molecule has 0 aliphatic carbocycles. The molecule has 0 radical (unpaired) electrons. The zero-order chi connectivity index (χ0) is 22.3. The van der Waals surface area contributed by atoms with Gasteiger partial charge in [-0.1, -0.05) is 97.1 Å². The first kappa shape index (κ1) is 20.9. The van der Waals surface area contributed by atoms with E-state index in [1.54, 1.807) is 48.5 Å². The van der Waals surface area contributed by atoms with Gasteiger partial charge < -0.3 is 4.74 Å². The van der Waals surface area contributed by atoms with Crippen LogP contribution in [-0.4, -0.2) is 24.1 Å². The maximum Gasteiger partial charge on any atom is 0.338 e. The normalized spacial score (nSPS) is 10.4. The van der Waals surface area contributed by atoms with Crippen molar-refractivity contribution in [2.45, 2.75) is 0 Å². The number of carbonyl (C=O) groups excluding carboxylic acids is 3. The molecule has 156 valence electrons. The van der Waals surface area contributed by atoms with Crippen molar-refractivity contribution in [3.8, 4) is 11.1 Å². The summed E-state index contributed by atoms with van der Waals surface area (Å²) in [6.07, 6.45) is 0. The lowest BCUT2D eigenvalue weighted by Crippen LogP contribution is -2.14. The van der Waals surface area contributed by atoms with Gasteiger partial charge in [-0.05, 0) is 23.3 Å². The van der Waals surface area contributed by atoms with Gasteiger partial charge in [0.1, 0.15) is 0 Å². The molecular formula is C28H20O4. The number of benzene rings is 4. The summed E-state index contributed by atoms with van der Waals surface area (Å²) in [5, 5.41) is 0. The molecule has 0 bridgehead atoms. The number of rotatable bonds is 7. The van der Waals surface area contributed by atoms with Crippen molar-refractivity contribution >= 4 is 17.5 Å². The molecule has 0 saturated heterocycles. The van der Waals surface area contributed by atoms with Gasteiger partial charge in [0.15, 0.2) is 18.2 Å². The minimum Gasteiger partial charge on any atom is -0.454 e. The predicted octanol–water partition coefficient (Wildman–Crippen LogP) is 5.62. The third-order valence-corrected chi connectivity index (χ3v) is 5.07. The molecular weight excluding hydrogens is 400 g/mol. The van der Waals surface area contributed by atoms with Gasteiger partial charge in [-0.25, -0.2) is 4.79 Å². The second kappa shape index (κ2) is 9.67. The van der Waals surface area contributed by atoms with Gasteiger partial charge in [0.2, 0.25) is 0 Å². The number of hydrogen-bond acceptors (Lipinski definition) is 4. The highest BCUT2D eigenvalue weighted by molar-refractivity contribution is 6.09. The van der Waals surface area contributed by atoms with Crippen molar-refractivity contribution in [2.75, 3.05) is 6.61 Å². The Kier molecular flexibility index (Phi) is 6.33. The van der Waals surface area contributed by atoms with Crippen LogP contribution in [0.5, 0.6) is 0 Å². The molecule has 4 rings (SSSR count). The van der Waals surface area contributed by atoms with Crippen molar-refractivity contribution in [1.29, 1.82) is 0 Å². The standard InChI is InChI=1S/C28H20O4/c29-26(22-13-11-21(12-14-22)20-7-3-1-4-8-20)19-32-28(31)25-17-15-24(16-18-25)27(30)23-9-5-2-6-10-23/h1-18H,19H2. The fourth-order valence-corrected chi connectivity index (χ4v) is 3.29. The lowest BCUT2D eigenvalue weighted by molar-refractivity contribution is 0.0474. The summed E-state index contributed by atoms with van der Waals surface area (Å²) in [4.78, 5) is 37.2. The summed E-state index contributed by atoms with van der Waals surface area (Å²) in [7, 11) is 0. The number of esters is 1. The van der Waals surface area contributed by atoms with E-state index in [0.717, 1.165) is 11.1 Å². The molecule has 0 fully saturated rings. The Bertz CT molecular complexity index is 1230. The number of ketones is 2. The first-order valence-corrected chi connectivity index (χ1v) is 10.2. The van der Waals surface area contributed by atoms with Crippen LogP contribution >= 0.6 is 0 Å². The molecule has 4 heteroatoms. The molecule has 0 aliphatic heterocycles. The van der Waals surface area contributed by atoms with Crippen LogP contribution in [0.1, 0.15) is 36.6 Å². The van der Waals surface area contributed by atoms with Crippen molar-refractivity contribution in [3.63, 3.8) is 0 Å². The van der Waals surface area contributed by atoms with Gasteiger partial charge in [-0.3, -0.25) is 9.59 Å². The Morgan fingerprint density at radius 1 is 0.500 bits per heavy atom. The van der Waals surface area contributed by atoms with Crippen molar-refractivity contribution in [3.05, 3.63) is 131 Å². The van der Waals surface area contributed by atoms with E-state index in [-0.39, 0.29) is 23.7 Å². The van der Waals surface area contributed by atoms with Gasteiger partial charge >= 0.3 is 5.97 Å². The van der Waals surface area contributed by atoms with E-state index in [4.69, 9.17) is 4.74 Å². The molecule has 0 spiro atoms. The van der Waals surface area contributed by atoms with E-state index in [1.807, 2.05) is 48.5 Å². The summed E-state index contributed by atoms with van der Waals surface area (Å²) in [6.45, 7) is -0.353. The van der Waals surface area contributed by atoms with E-state index in [9.17, 15) is 14.4 Å². The highest BCUT2D eigenvalue weighted by Crippen LogP contribution is 2.19. The van der Waals surface area contributed by atoms with Gasteiger partial charge in [0.25, 0.3) is 0 Å². The molecule has 0 heterocycles. The van der Waals surface area contributed by atoms with Crippen LogP contribution in [0.2, 0.25) is 0 Å². The topological polar surface area (TPSA) is 60.4 Å². The van der Waals surface area contributed by atoms with Crippen LogP contribution in [-0.2, 0) is 4.74 Å². The Hall–Kier alpha value is -4.31. The average molecular weight is 420 g/mol. The maximum absolute atomic E-state index is 12.5. The smallest absolute Gasteiger partial charge is 0.338 e. The number of carbonyl (C=O) groups is 3. The second-order valence-corrected chi connectivity index (χ2v) is 7.22. The average Bonchev–Trinajstić information content (AvgIpc) is 2.88. The predicted molar refractivity (Wildman–Crippen MR) is 123 cm³/mol. The molecule has 0 unspecified atom stereocenters. The summed E-state index contributed by atoms with van der Waals surface area (Å²) < 4.78 is 5.17. The first-order valence-electron chi connectivity index (χ1n) is 10.2. The highest BCUT2D eigenvalue weighted by atomic mass is 16.5. The molecule has 0 saturated carbocycles. The molecule has 0 aliphatic rings. The Labute approximate surface area is 186 Å². The van der Waals surface area contributed by atoms with Crippen LogP contribution in [0.25, 0.3) is 11.1 Å². The van der Waals surface area contributed by atoms with Gasteiger partial charge in [-0.15, -0.1) is 0 Å². The second-order valence-electron chi connectivity index (χ2n) is 7.22. The molecule has 4 aromatic rings. The molecule has 32 heavy (non-hydrogen) atoms. The van der Waals surface area contributed by atoms with E-state index >= 15 is 0 Å².